The number of amides is 1. The highest BCUT2D eigenvalue weighted by molar-refractivity contribution is 5.65. The Balaban J connectivity index is 1.52. The highest BCUT2D eigenvalue weighted by Gasteiger charge is 2.42. The number of nitrogens with zero attached hydrogens (tertiary/aromatic N) is 4. The van der Waals surface area contributed by atoms with Crippen molar-refractivity contribution < 1.29 is 19.0 Å². The van der Waals surface area contributed by atoms with Crippen LogP contribution < -0.4 is 4.90 Å². The first kappa shape index (κ1) is 16.7. The summed E-state index contributed by atoms with van der Waals surface area (Å²) in [6.45, 7) is 3.04. The minimum Gasteiger partial charge on any atom is -0.465 e. The number of carboxylic acid groups (broad SMARTS) is 1. The first-order valence-electron chi connectivity index (χ1n) is 8.48. The van der Waals surface area contributed by atoms with Crippen LogP contribution in [0.3, 0.4) is 0 Å². The Labute approximate surface area is 150 Å². The van der Waals surface area contributed by atoms with Gasteiger partial charge in [0.2, 0.25) is 5.95 Å². The largest absolute Gasteiger partial charge is 0.465 e. The first-order valence-corrected chi connectivity index (χ1v) is 8.48. The van der Waals surface area contributed by atoms with Gasteiger partial charge >= 0.3 is 6.09 Å². The van der Waals surface area contributed by atoms with Gasteiger partial charge in [0.05, 0.1) is 18.6 Å². The Morgan fingerprint density at radius 3 is 2.15 bits per heavy atom. The molecule has 7 nitrogen and oxygen atoms in total. The van der Waals surface area contributed by atoms with Gasteiger partial charge < -0.3 is 19.6 Å². The van der Waals surface area contributed by atoms with Crippen molar-refractivity contribution in [2.45, 2.75) is 5.41 Å². The zero-order chi connectivity index (χ0) is 18.1. The van der Waals surface area contributed by atoms with Crippen molar-refractivity contribution in [3.8, 4) is 0 Å². The van der Waals surface area contributed by atoms with Gasteiger partial charge in [-0.1, -0.05) is 12.1 Å². The molecule has 1 N–H and O–H groups in total. The smallest absolute Gasteiger partial charge is 0.407 e. The zero-order valence-corrected chi connectivity index (χ0v) is 14.1. The molecule has 0 radical (unpaired) electrons. The van der Waals surface area contributed by atoms with E-state index in [-0.39, 0.29) is 11.2 Å². The molecule has 8 heteroatoms. The van der Waals surface area contributed by atoms with Crippen molar-refractivity contribution >= 4 is 12.0 Å². The summed E-state index contributed by atoms with van der Waals surface area (Å²) in [4.78, 5) is 23.3. The topological polar surface area (TPSA) is 78.8 Å². The maximum Gasteiger partial charge on any atom is 0.407 e. The summed E-state index contributed by atoms with van der Waals surface area (Å²) in [6.07, 6.45) is 2.68. The van der Waals surface area contributed by atoms with Crippen LogP contribution in [0.1, 0.15) is 11.1 Å². The summed E-state index contributed by atoms with van der Waals surface area (Å²) in [7, 11) is 0. The third-order valence-electron chi connectivity index (χ3n) is 5.12. The van der Waals surface area contributed by atoms with Crippen LogP contribution in [0.2, 0.25) is 0 Å². The Morgan fingerprint density at radius 1 is 1.04 bits per heavy atom. The van der Waals surface area contributed by atoms with E-state index in [0.717, 1.165) is 11.1 Å². The Kier molecular flexibility index (Phi) is 4.20. The SMILES string of the molecule is O=C(O)N1CCN(c2ncc(C3(c4ccc(F)cc4)COC3)cn2)CC1. The molecule has 0 atom stereocenters. The molecule has 1 aromatic carbocycles. The number of aromatic nitrogens is 2. The van der Waals surface area contributed by atoms with Crippen LogP contribution in [-0.2, 0) is 10.2 Å². The second kappa shape index (κ2) is 6.53. The molecule has 0 saturated carbocycles. The average Bonchev–Trinajstić information content (AvgIpc) is 2.63. The molecular formula is C18H19FN4O3. The summed E-state index contributed by atoms with van der Waals surface area (Å²) < 4.78 is 18.7. The average molecular weight is 358 g/mol. The highest BCUT2D eigenvalue weighted by Crippen LogP contribution is 2.38. The molecule has 136 valence electrons. The Hall–Kier alpha value is -2.74. The van der Waals surface area contributed by atoms with Crippen molar-refractivity contribution in [3.63, 3.8) is 0 Å². The summed E-state index contributed by atoms with van der Waals surface area (Å²) in [5, 5.41) is 9.02. The molecule has 0 bridgehead atoms. The molecule has 2 fully saturated rings. The van der Waals surface area contributed by atoms with E-state index < -0.39 is 6.09 Å². The van der Waals surface area contributed by atoms with E-state index in [1.54, 1.807) is 24.5 Å². The Morgan fingerprint density at radius 2 is 1.65 bits per heavy atom. The van der Waals surface area contributed by atoms with E-state index in [0.29, 0.717) is 45.3 Å². The molecule has 0 spiro atoms. The van der Waals surface area contributed by atoms with E-state index in [1.165, 1.54) is 17.0 Å². The van der Waals surface area contributed by atoms with Gasteiger partial charge in [-0.25, -0.2) is 19.2 Å². The summed E-state index contributed by atoms with van der Waals surface area (Å²) in [5.74, 6) is 0.324. The van der Waals surface area contributed by atoms with Gasteiger partial charge in [0, 0.05) is 44.1 Å². The third kappa shape index (κ3) is 2.86. The lowest BCUT2D eigenvalue weighted by atomic mass is 9.74. The maximum atomic E-state index is 13.2. The second-order valence-electron chi connectivity index (χ2n) is 6.61. The predicted octanol–water partition coefficient (Wildman–Crippen LogP) is 1.73. The quantitative estimate of drug-likeness (QED) is 0.900. The van der Waals surface area contributed by atoms with Crippen LogP contribution in [0.4, 0.5) is 15.1 Å². The summed E-state index contributed by atoms with van der Waals surface area (Å²) in [5.41, 5.74) is 1.58. The summed E-state index contributed by atoms with van der Waals surface area (Å²) in [6, 6.07) is 6.45. The standard InChI is InChI=1S/C18H19FN4O3/c19-15-3-1-13(2-4-15)18(11-26-12-18)14-9-20-16(21-10-14)22-5-7-23(8-6-22)17(24)25/h1-4,9-10H,5-8,11-12H2,(H,24,25). The Bertz CT molecular complexity index is 785. The molecule has 1 amide bonds. The van der Waals surface area contributed by atoms with E-state index in [9.17, 15) is 9.18 Å². The van der Waals surface area contributed by atoms with Crippen molar-refractivity contribution in [3.05, 3.63) is 53.6 Å². The van der Waals surface area contributed by atoms with Gasteiger partial charge in [-0.15, -0.1) is 0 Å². The number of piperazine rings is 1. The number of rotatable bonds is 3. The molecule has 3 heterocycles. The fraction of sp³-hybridized carbons (Fsp3) is 0.389. The number of hydrogen-bond donors (Lipinski definition) is 1. The maximum absolute atomic E-state index is 13.2. The summed E-state index contributed by atoms with van der Waals surface area (Å²) >= 11 is 0. The predicted molar refractivity (Wildman–Crippen MR) is 91.8 cm³/mol. The number of ether oxygens (including phenoxy) is 1. The minimum atomic E-state index is -0.896. The van der Waals surface area contributed by atoms with Crippen LogP contribution >= 0.6 is 0 Å². The van der Waals surface area contributed by atoms with Crippen LogP contribution in [0.25, 0.3) is 0 Å². The van der Waals surface area contributed by atoms with E-state index in [2.05, 4.69) is 9.97 Å². The van der Waals surface area contributed by atoms with Gasteiger partial charge in [-0.2, -0.15) is 0 Å². The molecule has 2 aliphatic rings. The zero-order valence-electron chi connectivity index (χ0n) is 14.1. The van der Waals surface area contributed by atoms with Gasteiger partial charge in [0.25, 0.3) is 0 Å². The van der Waals surface area contributed by atoms with E-state index in [4.69, 9.17) is 9.84 Å². The van der Waals surface area contributed by atoms with Crippen molar-refractivity contribution in [1.29, 1.82) is 0 Å². The molecule has 2 aromatic rings. The molecule has 4 rings (SSSR count). The number of hydrogen-bond acceptors (Lipinski definition) is 5. The normalized spacial score (nSPS) is 19.1. The first-order chi connectivity index (χ1) is 12.6. The molecule has 2 aliphatic heterocycles. The number of carbonyl (C=O) groups is 1. The minimum absolute atomic E-state index is 0.267. The fourth-order valence-electron chi connectivity index (χ4n) is 3.40. The second-order valence-corrected chi connectivity index (χ2v) is 6.61. The van der Waals surface area contributed by atoms with Gasteiger partial charge in [-0.05, 0) is 17.7 Å². The van der Waals surface area contributed by atoms with Gasteiger partial charge in [0.1, 0.15) is 5.82 Å². The lowest BCUT2D eigenvalue weighted by Gasteiger charge is -2.42. The van der Waals surface area contributed by atoms with Crippen molar-refractivity contribution in [2.24, 2.45) is 0 Å². The fourth-order valence-corrected chi connectivity index (χ4v) is 3.40. The van der Waals surface area contributed by atoms with Gasteiger partial charge in [0.15, 0.2) is 0 Å². The lowest BCUT2D eigenvalue weighted by Crippen LogP contribution is -2.49. The molecule has 0 unspecified atom stereocenters. The van der Waals surface area contributed by atoms with Crippen LogP contribution in [0.15, 0.2) is 36.7 Å². The lowest BCUT2D eigenvalue weighted by molar-refractivity contribution is -0.0383. The monoisotopic (exact) mass is 358 g/mol. The van der Waals surface area contributed by atoms with Gasteiger partial charge in [-0.3, -0.25) is 0 Å². The molecule has 1 aromatic heterocycles. The third-order valence-corrected chi connectivity index (χ3v) is 5.12. The van der Waals surface area contributed by atoms with Crippen LogP contribution in [0, 0.1) is 5.82 Å². The van der Waals surface area contributed by atoms with Crippen molar-refractivity contribution in [2.75, 3.05) is 44.3 Å². The molecule has 0 aliphatic carbocycles. The van der Waals surface area contributed by atoms with Crippen LogP contribution in [0.5, 0.6) is 0 Å². The van der Waals surface area contributed by atoms with E-state index >= 15 is 0 Å². The molecule has 2 saturated heterocycles. The van der Waals surface area contributed by atoms with Crippen LogP contribution in [-0.4, -0.2) is 65.5 Å². The highest BCUT2D eigenvalue weighted by atomic mass is 19.1. The number of benzene rings is 1. The molecule has 26 heavy (non-hydrogen) atoms. The number of anilines is 1. The van der Waals surface area contributed by atoms with Crippen molar-refractivity contribution in [1.82, 2.24) is 14.9 Å². The van der Waals surface area contributed by atoms with E-state index in [1.807, 2.05) is 4.90 Å². The number of halogens is 1. The molecular weight excluding hydrogens is 339 g/mol.